The van der Waals surface area contributed by atoms with Crippen LogP contribution in [0.25, 0.3) is 5.76 Å². The number of benzene rings is 3. The summed E-state index contributed by atoms with van der Waals surface area (Å²) in [4.78, 5) is 28.0. The van der Waals surface area contributed by atoms with Crippen LogP contribution in [0.15, 0.2) is 72.3 Å². The van der Waals surface area contributed by atoms with Crippen molar-refractivity contribution in [2.24, 2.45) is 0 Å². The van der Waals surface area contributed by atoms with E-state index in [1.54, 1.807) is 43.5 Å². The third-order valence-corrected chi connectivity index (χ3v) is 6.34. The number of hydrogen-bond donors (Lipinski definition) is 1. The van der Waals surface area contributed by atoms with Gasteiger partial charge in [-0.3, -0.25) is 9.59 Å². The molecule has 1 fully saturated rings. The van der Waals surface area contributed by atoms with Gasteiger partial charge in [0.15, 0.2) is 0 Å². The van der Waals surface area contributed by atoms with E-state index in [0.29, 0.717) is 28.4 Å². The Morgan fingerprint density at radius 3 is 2.16 bits per heavy atom. The van der Waals surface area contributed by atoms with E-state index in [1.807, 2.05) is 38.1 Å². The van der Waals surface area contributed by atoms with Crippen molar-refractivity contribution >= 4 is 29.1 Å². The maximum Gasteiger partial charge on any atom is 0.295 e. The Balaban J connectivity index is 1.78. The van der Waals surface area contributed by atoms with Crippen molar-refractivity contribution in [3.05, 3.63) is 94.0 Å². The Morgan fingerprint density at radius 2 is 1.59 bits per heavy atom. The zero-order valence-corrected chi connectivity index (χ0v) is 21.8. The van der Waals surface area contributed by atoms with Crippen LogP contribution in [0.2, 0.25) is 5.02 Å². The molecule has 1 aliphatic rings. The predicted octanol–water partition coefficient (Wildman–Crippen LogP) is 5.77. The van der Waals surface area contributed by atoms with Crippen molar-refractivity contribution in [3.8, 4) is 17.2 Å². The summed E-state index contributed by atoms with van der Waals surface area (Å²) in [6, 6.07) is 18.3. The third-order valence-electron chi connectivity index (χ3n) is 6.04. The van der Waals surface area contributed by atoms with E-state index in [0.717, 1.165) is 5.56 Å². The molecule has 1 heterocycles. The Hall–Kier alpha value is -3.97. The maximum absolute atomic E-state index is 13.3. The van der Waals surface area contributed by atoms with E-state index in [1.165, 1.54) is 18.1 Å². The normalized spacial score (nSPS) is 16.8. The molecule has 4 rings (SSSR count). The molecule has 0 saturated carbocycles. The molecule has 1 unspecified atom stereocenters. The summed E-state index contributed by atoms with van der Waals surface area (Å²) in [5, 5.41) is 11.5. The molecule has 8 heteroatoms. The number of likely N-dealkylation sites (tertiary alicyclic amines) is 1. The molecular formula is C29H28ClNO6. The zero-order chi connectivity index (χ0) is 26.7. The van der Waals surface area contributed by atoms with Crippen molar-refractivity contribution in [3.63, 3.8) is 0 Å². The van der Waals surface area contributed by atoms with Gasteiger partial charge in [0.1, 0.15) is 23.0 Å². The van der Waals surface area contributed by atoms with Gasteiger partial charge in [-0.25, -0.2) is 0 Å². The highest BCUT2D eigenvalue weighted by atomic mass is 35.5. The fraction of sp³-hybridized carbons (Fsp3) is 0.241. The first-order chi connectivity index (χ1) is 17.7. The van der Waals surface area contributed by atoms with Crippen LogP contribution in [-0.4, -0.2) is 42.0 Å². The second kappa shape index (κ2) is 11.0. The first-order valence-corrected chi connectivity index (χ1v) is 12.1. The molecule has 37 heavy (non-hydrogen) atoms. The van der Waals surface area contributed by atoms with Gasteiger partial charge < -0.3 is 24.2 Å². The van der Waals surface area contributed by atoms with Gasteiger partial charge >= 0.3 is 0 Å². The average Bonchev–Trinajstić information content (AvgIpc) is 3.14. The molecule has 0 radical (unpaired) electrons. The molecular weight excluding hydrogens is 494 g/mol. The monoisotopic (exact) mass is 521 g/mol. The lowest BCUT2D eigenvalue weighted by Crippen LogP contribution is -2.29. The lowest BCUT2D eigenvalue weighted by Gasteiger charge is -2.26. The van der Waals surface area contributed by atoms with Crippen molar-refractivity contribution in [2.75, 3.05) is 14.2 Å². The minimum absolute atomic E-state index is 0.0174. The highest BCUT2D eigenvalue weighted by Crippen LogP contribution is 2.41. The number of ether oxygens (including phenoxy) is 3. The van der Waals surface area contributed by atoms with Crippen molar-refractivity contribution < 1.29 is 28.9 Å². The predicted molar refractivity (Wildman–Crippen MR) is 141 cm³/mol. The van der Waals surface area contributed by atoms with Crippen molar-refractivity contribution in [2.45, 2.75) is 32.5 Å². The van der Waals surface area contributed by atoms with Crippen LogP contribution >= 0.6 is 11.6 Å². The molecule has 1 N–H and O–H groups in total. The van der Waals surface area contributed by atoms with Gasteiger partial charge in [0.2, 0.25) is 0 Å². The third kappa shape index (κ3) is 5.42. The molecule has 1 aliphatic heterocycles. The number of hydrogen-bond acceptors (Lipinski definition) is 6. The van der Waals surface area contributed by atoms with Crippen LogP contribution in [0.1, 0.15) is 36.6 Å². The molecule has 0 aromatic heterocycles. The largest absolute Gasteiger partial charge is 0.507 e. The SMILES string of the molecule is COc1ccc(C2/C(=C(/O)c3ccc(OC)c(Cl)c3)C(=O)C(=O)N2Cc2ccc(OC(C)C)cc2)cc1. The Kier molecular flexibility index (Phi) is 7.74. The van der Waals surface area contributed by atoms with E-state index >= 15 is 0 Å². The second-order valence-electron chi connectivity index (χ2n) is 8.86. The van der Waals surface area contributed by atoms with Gasteiger partial charge in [-0.1, -0.05) is 35.9 Å². The number of carbonyl (C=O) groups excluding carboxylic acids is 2. The second-order valence-corrected chi connectivity index (χ2v) is 9.27. The topological polar surface area (TPSA) is 85.3 Å². The average molecular weight is 522 g/mol. The Bertz CT molecular complexity index is 1330. The first-order valence-electron chi connectivity index (χ1n) is 11.7. The van der Waals surface area contributed by atoms with Crippen LogP contribution in [0, 0.1) is 0 Å². The number of nitrogens with zero attached hydrogens (tertiary/aromatic N) is 1. The summed E-state index contributed by atoms with van der Waals surface area (Å²) in [5.41, 5.74) is 1.75. The molecule has 1 amide bonds. The lowest BCUT2D eigenvalue weighted by molar-refractivity contribution is -0.140. The summed E-state index contributed by atoms with van der Waals surface area (Å²) >= 11 is 6.27. The van der Waals surface area contributed by atoms with Crippen LogP contribution in [0.5, 0.6) is 17.2 Å². The first kappa shape index (κ1) is 26.1. The minimum Gasteiger partial charge on any atom is -0.507 e. The number of methoxy groups -OCH3 is 2. The molecule has 3 aromatic rings. The number of ketones is 1. The van der Waals surface area contributed by atoms with E-state index in [4.69, 9.17) is 25.8 Å². The van der Waals surface area contributed by atoms with Gasteiger partial charge in [-0.15, -0.1) is 0 Å². The number of halogens is 1. The van der Waals surface area contributed by atoms with E-state index in [9.17, 15) is 14.7 Å². The van der Waals surface area contributed by atoms with Gasteiger partial charge in [0, 0.05) is 12.1 Å². The molecule has 1 atom stereocenters. The Labute approximate surface area is 220 Å². The number of Topliss-reactive ketones (excluding diaryl/α,β-unsaturated/α-hetero) is 1. The zero-order valence-electron chi connectivity index (χ0n) is 21.0. The number of amides is 1. The number of rotatable bonds is 8. The fourth-order valence-corrected chi connectivity index (χ4v) is 4.55. The van der Waals surface area contributed by atoms with E-state index in [-0.39, 0.29) is 29.0 Å². The maximum atomic E-state index is 13.3. The van der Waals surface area contributed by atoms with E-state index in [2.05, 4.69) is 0 Å². The number of aliphatic hydroxyl groups is 1. The Morgan fingerprint density at radius 1 is 0.946 bits per heavy atom. The molecule has 0 spiro atoms. The van der Waals surface area contributed by atoms with Crippen LogP contribution in [0.3, 0.4) is 0 Å². The number of carbonyl (C=O) groups is 2. The highest BCUT2D eigenvalue weighted by molar-refractivity contribution is 6.46. The molecule has 0 aliphatic carbocycles. The summed E-state index contributed by atoms with van der Waals surface area (Å²) < 4.78 is 16.2. The van der Waals surface area contributed by atoms with Gasteiger partial charge in [0.05, 0.1) is 37.0 Å². The standard InChI is InChI=1S/C29H28ClNO6/c1-17(2)37-22-10-5-18(6-11-22)16-31-26(19-7-12-21(35-3)13-8-19)25(28(33)29(31)34)27(32)20-9-14-24(36-4)23(30)15-20/h5-15,17,26,32H,16H2,1-4H3/b27-25-. The van der Waals surface area contributed by atoms with Crippen LogP contribution in [-0.2, 0) is 16.1 Å². The molecule has 0 bridgehead atoms. The minimum atomic E-state index is -0.821. The van der Waals surface area contributed by atoms with Crippen molar-refractivity contribution in [1.29, 1.82) is 0 Å². The quantitative estimate of drug-likeness (QED) is 0.230. The van der Waals surface area contributed by atoms with Gasteiger partial charge in [0.25, 0.3) is 11.7 Å². The molecule has 7 nitrogen and oxygen atoms in total. The van der Waals surface area contributed by atoms with Crippen molar-refractivity contribution in [1.82, 2.24) is 4.90 Å². The molecule has 1 saturated heterocycles. The van der Waals surface area contributed by atoms with Gasteiger partial charge in [-0.2, -0.15) is 0 Å². The summed E-state index contributed by atoms with van der Waals surface area (Å²) in [7, 11) is 3.04. The molecule has 3 aromatic carbocycles. The van der Waals surface area contributed by atoms with E-state index < -0.39 is 17.7 Å². The summed E-state index contributed by atoms with van der Waals surface area (Å²) in [6.07, 6.45) is 0.0326. The lowest BCUT2D eigenvalue weighted by atomic mass is 9.95. The highest BCUT2D eigenvalue weighted by Gasteiger charge is 2.46. The van der Waals surface area contributed by atoms with Crippen LogP contribution in [0.4, 0.5) is 0 Å². The fourth-order valence-electron chi connectivity index (χ4n) is 4.29. The van der Waals surface area contributed by atoms with Gasteiger partial charge in [-0.05, 0) is 67.4 Å². The smallest absolute Gasteiger partial charge is 0.295 e. The summed E-state index contributed by atoms with van der Waals surface area (Å²) in [5.74, 6) is -0.0241. The number of aliphatic hydroxyl groups excluding tert-OH is 1. The van der Waals surface area contributed by atoms with Crippen LogP contribution < -0.4 is 14.2 Å². The molecule has 192 valence electrons. The summed E-state index contributed by atoms with van der Waals surface area (Å²) in [6.45, 7) is 4.04.